The van der Waals surface area contributed by atoms with E-state index in [2.05, 4.69) is 27.5 Å². The fourth-order valence-corrected chi connectivity index (χ4v) is 3.05. The number of amides is 1. The van der Waals surface area contributed by atoms with Gasteiger partial charge in [0.2, 0.25) is 5.91 Å². The molecule has 142 valence electrons. The molecule has 1 aromatic carbocycles. The molecular weight excluding hydrogens is 369 g/mol. The molecule has 0 saturated carbocycles. The highest BCUT2D eigenvalue weighted by Gasteiger charge is 2.21. The van der Waals surface area contributed by atoms with Gasteiger partial charge in [-0.15, -0.1) is 10.2 Å². The highest BCUT2D eigenvalue weighted by molar-refractivity contribution is 8.00. The van der Waals surface area contributed by atoms with E-state index in [4.69, 9.17) is 4.42 Å². The van der Waals surface area contributed by atoms with Gasteiger partial charge in [0.15, 0.2) is 0 Å². The molecule has 0 aliphatic heterocycles. The third kappa shape index (κ3) is 4.36. The van der Waals surface area contributed by atoms with Crippen LogP contribution in [0.3, 0.4) is 0 Å². The number of hydrogen-bond donors (Lipinski definition) is 1. The lowest BCUT2D eigenvalue weighted by atomic mass is 10.2. The van der Waals surface area contributed by atoms with Crippen molar-refractivity contribution in [2.24, 2.45) is 0 Å². The number of halogens is 1. The normalized spacial score (nSPS) is 13.3. The van der Waals surface area contributed by atoms with Gasteiger partial charge in [-0.25, -0.2) is 9.07 Å². The molecule has 27 heavy (non-hydrogen) atoms. The van der Waals surface area contributed by atoms with Gasteiger partial charge in [-0.05, 0) is 32.4 Å². The largest absolute Gasteiger partial charge is 0.411 e. The zero-order valence-corrected chi connectivity index (χ0v) is 16.0. The van der Waals surface area contributed by atoms with Crippen LogP contribution in [0.4, 0.5) is 10.2 Å². The van der Waals surface area contributed by atoms with E-state index < -0.39 is 11.1 Å². The van der Waals surface area contributed by atoms with Crippen molar-refractivity contribution in [3.63, 3.8) is 0 Å². The quantitative estimate of drug-likeness (QED) is 0.611. The second-order valence-corrected chi connectivity index (χ2v) is 7.31. The molecule has 2 aromatic heterocycles. The number of hydrogen-bond acceptors (Lipinski definition) is 6. The average molecular weight is 389 g/mol. The number of thioether (sulfide) groups is 1. The van der Waals surface area contributed by atoms with Crippen LogP contribution in [-0.4, -0.2) is 31.1 Å². The number of carbonyl (C=O) groups is 1. The number of nitrogens with zero attached hydrogens (tertiary/aromatic N) is 4. The summed E-state index contributed by atoms with van der Waals surface area (Å²) < 4.78 is 21.1. The lowest BCUT2D eigenvalue weighted by Gasteiger charge is -2.15. The molecule has 3 aromatic rings. The zero-order chi connectivity index (χ0) is 19.4. The summed E-state index contributed by atoms with van der Waals surface area (Å²) in [5.41, 5.74) is 0.228. The summed E-state index contributed by atoms with van der Waals surface area (Å²) in [6, 6.07) is 8.09. The Balaban J connectivity index is 1.66. The summed E-state index contributed by atoms with van der Waals surface area (Å²) in [5.74, 6) is 0.0647. The molecule has 9 heteroatoms. The molecule has 0 aliphatic rings. The van der Waals surface area contributed by atoms with Gasteiger partial charge < -0.3 is 9.73 Å². The van der Waals surface area contributed by atoms with Gasteiger partial charge in [0.05, 0.1) is 23.1 Å². The highest BCUT2D eigenvalue weighted by Crippen LogP contribution is 2.28. The Morgan fingerprint density at radius 3 is 2.81 bits per heavy atom. The number of carbonyl (C=O) groups excluding carboxylic acids is 1. The first-order valence-electron chi connectivity index (χ1n) is 8.59. The van der Waals surface area contributed by atoms with E-state index in [1.165, 1.54) is 6.07 Å². The smallest absolute Gasteiger partial charge is 0.277 e. The van der Waals surface area contributed by atoms with Crippen LogP contribution in [-0.2, 0) is 4.79 Å². The summed E-state index contributed by atoms with van der Waals surface area (Å²) in [4.78, 5) is 12.5. The van der Waals surface area contributed by atoms with Crippen LogP contribution in [0.15, 0.2) is 46.2 Å². The molecule has 0 unspecified atom stereocenters. The first kappa shape index (κ1) is 19.1. The average Bonchev–Trinajstić information content (AvgIpc) is 3.31. The van der Waals surface area contributed by atoms with Crippen molar-refractivity contribution < 1.29 is 13.6 Å². The summed E-state index contributed by atoms with van der Waals surface area (Å²) >= 11 is 1.11. The van der Waals surface area contributed by atoms with Crippen LogP contribution in [0.1, 0.15) is 33.2 Å². The van der Waals surface area contributed by atoms with E-state index in [0.717, 1.165) is 18.2 Å². The predicted octanol–water partition coefficient (Wildman–Crippen LogP) is 4.16. The molecule has 0 bridgehead atoms. The summed E-state index contributed by atoms with van der Waals surface area (Å²) in [6.45, 7) is 5.82. The minimum atomic E-state index is -0.487. The van der Waals surface area contributed by atoms with E-state index >= 15 is 0 Å². The van der Waals surface area contributed by atoms with Gasteiger partial charge in [-0.1, -0.05) is 30.8 Å². The van der Waals surface area contributed by atoms with Gasteiger partial charge in [0, 0.05) is 6.07 Å². The zero-order valence-electron chi connectivity index (χ0n) is 15.2. The number of nitrogens with one attached hydrogen (secondary N) is 1. The molecular formula is C18H20FN5O2S. The minimum Gasteiger partial charge on any atom is -0.411 e. The Morgan fingerprint density at radius 1 is 1.30 bits per heavy atom. The standard InChI is InChI=1S/C18H20FN5O2S/c1-4-11(2)24-15(9-10-20-24)21-16(25)12(3)27-18-23-22-17(26-18)13-7-5-6-8-14(13)19/h5-12H,4H2,1-3H3,(H,21,25)/t11-,12+/m1/s1. The van der Waals surface area contributed by atoms with E-state index in [9.17, 15) is 9.18 Å². The number of aromatic nitrogens is 4. The van der Waals surface area contributed by atoms with E-state index in [-0.39, 0.29) is 28.6 Å². The Morgan fingerprint density at radius 2 is 2.07 bits per heavy atom. The molecule has 0 radical (unpaired) electrons. The molecule has 0 spiro atoms. The van der Waals surface area contributed by atoms with E-state index in [1.54, 1.807) is 42.1 Å². The Hall–Kier alpha value is -2.68. The molecule has 1 amide bonds. The predicted molar refractivity (Wildman–Crippen MR) is 101 cm³/mol. The highest BCUT2D eigenvalue weighted by atomic mass is 32.2. The summed E-state index contributed by atoms with van der Waals surface area (Å²) in [6.07, 6.45) is 2.55. The maximum Gasteiger partial charge on any atom is 0.277 e. The van der Waals surface area contributed by atoms with Crippen LogP contribution in [0.2, 0.25) is 0 Å². The molecule has 0 saturated heterocycles. The topological polar surface area (TPSA) is 85.8 Å². The van der Waals surface area contributed by atoms with Crippen LogP contribution in [0, 0.1) is 5.82 Å². The SMILES string of the molecule is CC[C@@H](C)n1nccc1NC(=O)[C@H](C)Sc1nnc(-c2ccccc2F)o1. The fourth-order valence-electron chi connectivity index (χ4n) is 2.37. The van der Waals surface area contributed by atoms with E-state index in [0.29, 0.717) is 5.82 Å². The third-order valence-electron chi connectivity index (χ3n) is 4.09. The maximum atomic E-state index is 13.8. The fraction of sp³-hybridized carbons (Fsp3) is 0.333. The van der Waals surface area contributed by atoms with Gasteiger partial charge in [0.25, 0.3) is 11.1 Å². The van der Waals surface area contributed by atoms with Crippen molar-refractivity contribution >= 4 is 23.5 Å². The number of anilines is 1. The summed E-state index contributed by atoms with van der Waals surface area (Å²) in [5, 5.41) is 14.6. The van der Waals surface area contributed by atoms with Crippen molar-refractivity contribution in [1.29, 1.82) is 0 Å². The third-order valence-corrected chi connectivity index (χ3v) is 5.02. The van der Waals surface area contributed by atoms with Gasteiger partial charge >= 0.3 is 0 Å². The van der Waals surface area contributed by atoms with Gasteiger partial charge in [-0.3, -0.25) is 4.79 Å². The summed E-state index contributed by atoms with van der Waals surface area (Å²) in [7, 11) is 0. The van der Waals surface area contributed by atoms with Crippen molar-refractivity contribution in [2.75, 3.05) is 5.32 Å². The van der Waals surface area contributed by atoms with Crippen LogP contribution < -0.4 is 5.32 Å². The Bertz CT molecular complexity index is 926. The van der Waals surface area contributed by atoms with Gasteiger partial charge in [0.1, 0.15) is 11.6 Å². The molecule has 1 N–H and O–H groups in total. The second-order valence-electron chi connectivity index (χ2n) is 6.02. The van der Waals surface area contributed by atoms with Crippen molar-refractivity contribution in [2.45, 2.75) is 43.7 Å². The minimum absolute atomic E-state index is 0.0815. The Kier molecular flexibility index (Phi) is 5.90. The van der Waals surface area contributed by atoms with Gasteiger partial charge in [-0.2, -0.15) is 5.10 Å². The first-order valence-corrected chi connectivity index (χ1v) is 9.47. The Labute approximate surface area is 160 Å². The lowest BCUT2D eigenvalue weighted by Crippen LogP contribution is -2.24. The monoisotopic (exact) mass is 389 g/mol. The first-order chi connectivity index (χ1) is 13.0. The van der Waals surface area contributed by atoms with Crippen LogP contribution in [0.5, 0.6) is 0 Å². The maximum absolute atomic E-state index is 13.8. The van der Waals surface area contributed by atoms with Crippen LogP contribution >= 0.6 is 11.8 Å². The number of rotatable bonds is 7. The van der Waals surface area contributed by atoms with Crippen molar-refractivity contribution in [3.8, 4) is 11.5 Å². The molecule has 3 rings (SSSR count). The van der Waals surface area contributed by atoms with Crippen LogP contribution in [0.25, 0.3) is 11.5 Å². The van der Waals surface area contributed by atoms with E-state index in [1.807, 2.05) is 6.92 Å². The number of benzene rings is 1. The molecule has 2 heterocycles. The molecule has 7 nitrogen and oxygen atoms in total. The second kappa shape index (κ2) is 8.34. The molecule has 2 atom stereocenters. The van der Waals surface area contributed by atoms with Crippen molar-refractivity contribution in [3.05, 3.63) is 42.3 Å². The van der Waals surface area contributed by atoms with Crippen molar-refractivity contribution in [1.82, 2.24) is 20.0 Å². The lowest BCUT2D eigenvalue weighted by molar-refractivity contribution is -0.115. The molecule has 0 aliphatic carbocycles. The molecule has 0 fully saturated rings.